The highest BCUT2D eigenvalue weighted by Gasteiger charge is 2.09. The maximum absolute atomic E-state index is 11.7. The van der Waals surface area contributed by atoms with Crippen molar-refractivity contribution in [1.82, 2.24) is 20.1 Å². The molecule has 0 radical (unpaired) electrons. The van der Waals surface area contributed by atoms with Gasteiger partial charge in [0.05, 0.1) is 36.3 Å². The Morgan fingerprint density at radius 3 is 2.80 bits per heavy atom. The van der Waals surface area contributed by atoms with Crippen LogP contribution in [0.4, 0.5) is 5.69 Å². The number of rotatable bonds is 6. The van der Waals surface area contributed by atoms with Crippen LogP contribution in [0.2, 0.25) is 0 Å². The van der Waals surface area contributed by atoms with E-state index in [0.29, 0.717) is 41.8 Å². The molecule has 8 heteroatoms. The molecule has 3 aromatic rings. The van der Waals surface area contributed by atoms with E-state index in [4.69, 9.17) is 9.26 Å². The molecule has 0 bridgehead atoms. The summed E-state index contributed by atoms with van der Waals surface area (Å²) >= 11 is 0. The average molecular weight is 339 g/mol. The zero-order valence-corrected chi connectivity index (χ0v) is 13.9. The van der Waals surface area contributed by atoms with Gasteiger partial charge in [-0.3, -0.25) is 14.8 Å². The summed E-state index contributed by atoms with van der Waals surface area (Å²) in [5.74, 6) is 0.882. The molecule has 3 rings (SSSR count). The van der Waals surface area contributed by atoms with Gasteiger partial charge < -0.3 is 14.6 Å². The van der Waals surface area contributed by atoms with E-state index in [1.165, 1.54) is 0 Å². The molecule has 0 atom stereocenters. The van der Waals surface area contributed by atoms with Gasteiger partial charge in [0.25, 0.3) is 0 Å². The Morgan fingerprint density at radius 1 is 1.24 bits per heavy atom. The number of aryl methyl sites for hydroxylation is 1. The summed E-state index contributed by atoms with van der Waals surface area (Å²) in [6.07, 6.45) is 3.55. The number of pyridine rings is 2. The molecule has 0 aromatic carbocycles. The quantitative estimate of drug-likeness (QED) is 0.736. The third-order valence-corrected chi connectivity index (χ3v) is 3.39. The summed E-state index contributed by atoms with van der Waals surface area (Å²) in [7, 11) is 1.56. The van der Waals surface area contributed by atoms with Crippen LogP contribution in [0.25, 0.3) is 22.8 Å². The summed E-state index contributed by atoms with van der Waals surface area (Å²) in [6.45, 7) is 2.11. The van der Waals surface area contributed by atoms with Crippen LogP contribution in [0.1, 0.15) is 12.3 Å². The zero-order valence-electron chi connectivity index (χ0n) is 13.9. The maximum atomic E-state index is 11.7. The number of carbonyl (C=O) groups excluding carboxylic acids is 1. The molecule has 0 aliphatic carbocycles. The second kappa shape index (κ2) is 7.63. The summed E-state index contributed by atoms with van der Waals surface area (Å²) in [4.78, 5) is 24.5. The molecule has 0 aliphatic heterocycles. The number of hydrogen-bond acceptors (Lipinski definition) is 7. The molecule has 25 heavy (non-hydrogen) atoms. The molecule has 0 unspecified atom stereocenters. The minimum Gasteiger partial charge on any atom is -0.384 e. The number of aromatic nitrogens is 4. The average Bonchev–Trinajstić information content (AvgIpc) is 3.07. The maximum Gasteiger partial charge on any atom is 0.226 e. The van der Waals surface area contributed by atoms with Gasteiger partial charge in [-0.1, -0.05) is 5.16 Å². The van der Waals surface area contributed by atoms with Crippen LogP contribution in [0, 0.1) is 6.92 Å². The van der Waals surface area contributed by atoms with Crippen molar-refractivity contribution in [2.75, 3.05) is 19.0 Å². The highest BCUT2D eigenvalue weighted by molar-refractivity contribution is 5.90. The van der Waals surface area contributed by atoms with E-state index in [1.54, 1.807) is 44.6 Å². The van der Waals surface area contributed by atoms with E-state index >= 15 is 0 Å². The number of nitrogens with zero attached hydrogens (tertiary/aromatic N) is 4. The van der Waals surface area contributed by atoms with Gasteiger partial charge in [0, 0.05) is 25.8 Å². The van der Waals surface area contributed by atoms with Crippen LogP contribution in [-0.2, 0) is 9.53 Å². The second-order valence-corrected chi connectivity index (χ2v) is 5.29. The monoisotopic (exact) mass is 339 g/mol. The van der Waals surface area contributed by atoms with Gasteiger partial charge in [-0.05, 0) is 24.3 Å². The van der Waals surface area contributed by atoms with Crippen molar-refractivity contribution in [2.24, 2.45) is 0 Å². The molecule has 0 fully saturated rings. The van der Waals surface area contributed by atoms with Gasteiger partial charge in [-0.2, -0.15) is 4.98 Å². The lowest BCUT2D eigenvalue weighted by molar-refractivity contribution is -0.117. The van der Waals surface area contributed by atoms with Gasteiger partial charge in [0.15, 0.2) is 0 Å². The highest BCUT2D eigenvalue weighted by atomic mass is 16.5. The van der Waals surface area contributed by atoms with Crippen molar-refractivity contribution in [3.63, 3.8) is 0 Å². The van der Waals surface area contributed by atoms with Crippen LogP contribution in [0.5, 0.6) is 0 Å². The minimum atomic E-state index is -0.121. The molecule has 0 aliphatic rings. The Morgan fingerprint density at radius 2 is 2.12 bits per heavy atom. The predicted molar refractivity (Wildman–Crippen MR) is 90.6 cm³/mol. The third kappa shape index (κ3) is 4.24. The number of ether oxygens (including phenoxy) is 1. The Labute approximate surface area is 144 Å². The van der Waals surface area contributed by atoms with Crippen LogP contribution < -0.4 is 5.32 Å². The van der Waals surface area contributed by atoms with Gasteiger partial charge in [0.1, 0.15) is 0 Å². The van der Waals surface area contributed by atoms with Crippen LogP contribution in [-0.4, -0.2) is 39.7 Å². The van der Waals surface area contributed by atoms with Gasteiger partial charge in [0.2, 0.25) is 17.6 Å². The molecule has 0 saturated carbocycles. The van der Waals surface area contributed by atoms with E-state index < -0.39 is 0 Å². The Kier molecular flexibility index (Phi) is 5.10. The lowest BCUT2D eigenvalue weighted by Gasteiger charge is -2.06. The molecule has 128 valence electrons. The lowest BCUT2D eigenvalue weighted by Crippen LogP contribution is -2.13. The number of carbonyl (C=O) groups is 1. The molecule has 1 amide bonds. The zero-order chi connectivity index (χ0) is 17.6. The summed E-state index contributed by atoms with van der Waals surface area (Å²) < 4.78 is 9.87. The molecule has 8 nitrogen and oxygen atoms in total. The molecule has 3 aromatic heterocycles. The Hall–Kier alpha value is -3.13. The van der Waals surface area contributed by atoms with Crippen molar-refractivity contribution in [1.29, 1.82) is 0 Å². The first-order valence-electron chi connectivity index (χ1n) is 7.67. The first kappa shape index (κ1) is 16.7. The summed E-state index contributed by atoms with van der Waals surface area (Å²) in [5, 5.41) is 6.66. The van der Waals surface area contributed by atoms with E-state index in [-0.39, 0.29) is 5.91 Å². The molecule has 1 N–H and O–H groups in total. The lowest BCUT2D eigenvalue weighted by atomic mass is 10.1. The Balaban J connectivity index is 1.75. The normalized spacial score (nSPS) is 10.6. The fraction of sp³-hybridized carbons (Fsp3) is 0.235. The van der Waals surface area contributed by atoms with Crippen LogP contribution in [0.15, 0.2) is 41.2 Å². The van der Waals surface area contributed by atoms with Crippen LogP contribution in [0.3, 0.4) is 0 Å². The summed E-state index contributed by atoms with van der Waals surface area (Å²) in [5.41, 5.74) is 2.77. The number of methoxy groups -OCH3 is 1. The topological polar surface area (TPSA) is 103 Å². The van der Waals surface area contributed by atoms with Crippen LogP contribution >= 0.6 is 0 Å². The van der Waals surface area contributed by atoms with Gasteiger partial charge >= 0.3 is 0 Å². The van der Waals surface area contributed by atoms with E-state index in [9.17, 15) is 4.79 Å². The first-order chi connectivity index (χ1) is 12.2. The number of amides is 1. The van der Waals surface area contributed by atoms with Crippen molar-refractivity contribution in [3.05, 3.63) is 42.5 Å². The standard InChI is InChI=1S/C17H17N5O3/c1-11-20-17(22-25-11)12-5-7-18-15(9-12)14-4-3-13(10-19-14)21-16(23)6-8-24-2/h3-5,7,9-10H,6,8H2,1-2H3,(H,21,23). The van der Waals surface area contributed by atoms with Crippen molar-refractivity contribution >= 4 is 11.6 Å². The van der Waals surface area contributed by atoms with Gasteiger partial charge in [-0.25, -0.2) is 0 Å². The number of nitrogens with one attached hydrogen (secondary N) is 1. The molecular weight excluding hydrogens is 322 g/mol. The minimum absolute atomic E-state index is 0.121. The third-order valence-electron chi connectivity index (χ3n) is 3.39. The van der Waals surface area contributed by atoms with Crippen molar-refractivity contribution in [2.45, 2.75) is 13.3 Å². The smallest absolute Gasteiger partial charge is 0.226 e. The second-order valence-electron chi connectivity index (χ2n) is 5.29. The van der Waals surface area contributed by atoms with E-state index in [2.05, 4.69) is 25.4 Å². The summed E-state index contributed by atoms with van der Waals surface area (Å²) in [6, 6.07) is 7.21. The molecule has 3 heterocycles. The molecule has 0 spiro atoms. The number of anilines is 1. The fourth-order valence-corrected chi connectivity index (χ4v) is 2.16. The highest BCUT2D eigenvalue weighted by Crippen LogP contribution is 2.22. The van der Waals surface area contributed by atoms with Crippen molar-refractivity contribution in [3.8, 4) is 22.8 Å². The molecular formula is C17H17N5O3. The molecule has 0 saturated heterocycles. The number of hydrogen-bond donors (Lipinski definition) is 1. The SMILES string of the molecule is COCCC(=O)Nc1ccc(-c2cc(-c3noc(C)n3)ccn2)nc1. The fourth-order valence-electron chi connectivity index (χ4n) is 2.16. The van der Waals surface area contributed by atoms with Crippen molar-refractivity contribution < 1.29 is 14.1 Å². The van der Waals surface area contributed by atoms with E-state index in [0.717, 1.165) is 5.56 Å². The predicted octanol–water partition coefficient (Wildman–Crippen LogP) is 2.48. The Bertz CT molecular complexity index is 861. The van der Waals surface area contributed by atoms with Gasteiger partial charge in [-0.15, -0.1) is 0 Å². The first-order valence-corrected chi connectivity index (χ1v) is 7.67. The van der Waals surface area contributed by atoms with E-state index in [1.807, 2.05) is 6.07 Å². The largest absolute Gasteiger partial charge is 0.384 e.